The van der Waals surface area contributed by atoms with E-state index in [-0.39, 0.29) is 5.97 Å². The molecular weight excluding hydrogens is 344 g/mol. The molecule has 0 atom stereocenters. The van der Waals surface area contributed by atoms with E-state index in [2.05, 4.69) is 16.8 Å². The van der Waals surface area contributed by atoms with E-state index in [1.165, 1.54) is 19.4 Å². The van der Waals surface area contributed by atoms with Crippen molar-refractivity contribution in [1.82, 2.24) is 9.88 Å². The Morgan fingerprint density at radius 3 is 2.85 bits per heavy atom. The highest BCUT2D eigenvalue weighted by Gasteiger charge is 2.20. The molecule has 26 heavy (non-hydrogen) atoms. The lowest BCUT2D eigenvalue weighted by atomic mass is 9.97. The average Bonchev–Trinajstić information content (AvgIpc) is 3.20. The van der Waals surface area contributed by atoms with E-state index in [4.69, 9.17) is 4.74 Å². The van der Waals surface area contributed by atoms with E-state index in [9.17, 15) is 4.79 Å². The van der Waals surface area contributed by atoms with Crippen LogP contribution in [0.15, 0.2) is 35.8 Å². The van der Waals surface area contributed by atoms with Crippen LogP contribution in [0.1, 0.15) is 38.2 Å². The Balaban J connectivity index is 1.46. The van der Waals surface area contributed by atoms with Crippen LogP contribution in [-0.2, 0) is 16.0 Å². The van der Waals surface area contributed by atoms with Gasteiger partial charge in [0.05, 0.1) is 13.0 Å². The Bertz CT molecular complexity index is 679. The molecule has 0 aliphatic carbocycles. The van der Waals surface area contributed by atoms with Crippen molar-refractivity contribution in [1.29, 1.82) is 0 Å². The first-order valence-electron chi connectivity index (χ1n) is 9.62. The fourth-order valence-electron chi connectivity index (χ4n) is 3.42. The third kappa shape index (κ3) is 5.39. The number of esters is 1. The van der Waals surface area contributed by atoms with Gasteiger partial charge >= 0.3 is 5.97 Å². The number of unbranched alkanes of at least 4 members (excludes halogenated alkanes) is 1. The quantitative estimate of drug-likeness (QED) is 0.644. The van der Waals surface area contributed by atoms with Gasteiger partial charge in [0.15, 0.2) is 0 Å². The predicted octanol–water partition coefficient (Wildman–Crippen LogP) is 4.41. The molecule has 0 amide bonds. The first kappa shape index (κ1) is 19.1. The molecule has 3 rings (SSSR count). The number of piperidine rings is 1. The monoisotopic (exact) mass is 372 g/mol. The maximum Gasteiger partial charge on any atom is 0.310 e. The van der Waals surface area contributed by atoms with E-state index in [1.54, 1.807) is 17.5 Å². The maximum atomic E-state index is 12.3. The summed E-state index contributed by atoms with van der Waals surface area (Å²) in [6, 6.07) is 7.96. The largest absolute Gasteiger partial charge is 0.465 e. The Labute approximate surface area is 160 Å². The van der Waals surface area contributed by atoms with Crippen LogP contribution < -0.4 is 0 Å². The molecular formula is C21H28N2O2S. The standard InChI is InChI=1S/C21H28N2O2S/c1-2-3-11-23-12-8-17(9-13-23)16-25-20(24)15-18-6-4-5-7-19(18)21-22-10-14-26-21/h4-7,10,14,17H,2-3,8-9,11-13,15-16H2,1H3. The zero-order chi connectivity index (χ0) is 18.2. The number of carbonyl (C=O) groups is 1. The van der Waals surface area contributed by atoms with Crippen molar-refractivity contribution < 1.29 is 9.53 Å². The molecule has 0 radical (unpaired) electrons. The van der Waals surface area contributed by atoms with E-state index in [1.807, 2.05) is 29.6 Å². The summed E-state index contributed by atoms with van der Waals surface area (Å²) < 4.78 is 5.60. The van der Waals surface area contributed by atoms with Gasteiger partial charge in [0.1, 0.15) is 5.01 Å². The smallest absolute Gasteiger partial charge is 0.310 e. The Morgan fingerprint density at radius 2 is 2.12 bits per heavy atom. The molecule has 5 heteroatoms. The van der Waals surface area contributed by atoms with Gasteiger partial charge in [-0.1, -0.05) is 37.6 Å². The van der Waals surface area contributed by atoms with Crippen LogP contribution >= 0.6 is 11.3 Å². The van der Waals surface area contributed by atoms with E-state index in [0.29, 0.717) is 18.9 Å². The number of rotatable bonds is 8. The van der Waals surface area contributed by atoms with E-state index < -0.39 is 0 Å². The van der Waals surface area contributed by atoms with Crippen molar-refractivity contribution in [2.24, 2.45) is 5.92 Å². The topological polar surface area (TPSA) is 42.4 Å². The van der Waals surface area contributed by atoms with Crippen molar-refractivity contribution in [2.45, 2.75) is 39.0 Å². The molecule has 0 bridgehead atoms. The second kappa shape index (κ2) is 9.83. The van der Waals surface area contributed by atoms with Crippen molar-refractivity contribution in [3.63, 3.8) is 0 Å². The Hall–Kier alpha value is -1.72. The molecule has 0 unspecified atom stereocenters. The number of hydrogen-bond acceptors (Lipinski definition) is 5. The minimum atomic E-state index is -0.137. The number of aromatic nitrogens is 1. The fraction of sp³-hybridized carbons (Fsp3) is 0.524. The SMILES string of the molecule is CCCCN1CCC(COC(=O)Cc2ccccc2-c2nccs2)CC1. The van der Waals surface area contributed by atoms with Gasteiger partial charge < -0.3 is 9.64 Å². The number of thiazole rings is 1. The van der Waals surface area contributed by atoms with Crippen molar-refractivity contribution in [3.05, 3.63) is 41.4 Å². The number of nitrogens with zero attached hydrogens (tertiary/aromatic N) is 2. The molecule has 2 heterocycles. The Kier molecular flexibility index (Phi) is 7.21. The zero-order valence-corrected chi connectivity index (χ0v) is 16.3. The van der Waals surface area contributed by atoms with Crippen LogP contribution in [-0.4, -0.2) is 42.1 Å². The van der Waals surface area contributed by atoms with Gasteiger partial charge in [-0.2, -0.15) is 0 Å². The molecule has 1 saturated heterocycles. The molecule has 0 spiro atoms. The van der Waals surface area contributed by atoms with Crippen molar-refractivity contribution >= 4 is 17.3 Å². The molecule has 1 aromatic carbocycles. The van der Waals surface area contributed by atoms with Crippen molar-refractivity contribution in [2.75, 3.05) is 26.2 Å². The first-order chi connectivity index (χ1) is 12.8. The third-order valence-electron chi connectivity index (χ3n) is 5.03. The lowest BCUT2D eigenvalue weighted by molar-refractivity contribution is -0.144. The van der Waals surface area contributed by atoms with Gasteiger partial charge in [0, 0.05) is 17.1 Å². The molecule has 1 fully saturated rings. The summed E-state index contributed by atoms with van der Waals surface area (Å²) in [6.07, 6.45) is 6.89. The van der Waals surface area contributed by atoms with E-state index >= 15 is 0 Å². The highest BCUT2D eigenvalue weighted by atomic mass is 32.1. The molecule has 0 saturated carbocycles. The third-order valence-corrected chi connectivity index (χ3v) is 5.84. The number of ether oxygens (including phenoxy) is 1. The van der Waals surface area contributed by atoms with Crippen molar-refractivity contribution in [3.8, 4) is 10.6 Å². The van der Waals surface area contributed by atoms with Gasteiger partial charge in [0.25, 0.3) is 0 Å². The zero-order valence-electron chi connectivity index (χ0n) is 15.5. The van der Waals surface area contributed by atoms with Gasteiger partial charge in [-0.15, -0.1) is 11.3 Å². The average molecular weight is 373 g/mol. The summed E-state index contributed by atoms with van der Waals surface area (Å²) in [5.74, 6) is 0.369. The van der Waals surface area contributed by atoms with Crippen LogP contribution in [0.2, 0.25) is 0 Å². The van der Waals surface area contributed by atoms with Gasteiger partial charge in [-0.3, -0.25) is 4.79 Å². The summed E-state index contributed by atoms with van der Waals surface area (Å²) in [6.45, 7) is 6.26. The maximum absolute atomic E-state index is 12.3. The van der Waals surface area contributed by atoms with Crippen LogP contribution in [0.25, 0.3) is 10.6 Å². The molecule has 1 aliphatic rings. The molecule has 1 aliphatic heterocycles. The molecule has 2 aromatic rings. The van der Waals surface area contributed by atoms with E-state index in [0.717, 1.165) is 42.1 Å². The summed E-state index contributed by atoms with van der Waals surface area (Å²) in [5.41, 5.74) is 2.02. The van der Waals surface area contributed by atoms with Gasteiger partial charge in [0.2, 0.25) is 0 Å². The predicted molar refractivity (Wildman–Crippen MR) is 106 cm³/mol. The Morgan fingerprint density at radius 1 is 1.31 bits per heavy atom. The number of hydrogen-bond donors (Lipinski definition) is 0. The highest BCUT2D eigenvalue weighted by Crippen LogP contribution is 2.26. The minimum Gasteiger partial charge on any atom is -0.465 e. The second-order valence-electron chi connectivity index (χ2n) is 6.99. The highest BCUT2D eigenvalue weighted by molar-refractivity contribution is 7.13. The summed E-state index contributed by atoms with van der Waals surface area (Å²) in [5, 5.41) is 2.91. The normalized spacial score (nSPS) is 15.9. The number of benzene rings is 1. The van der Waals surface area contributed by atoms with Gasteiger partial charge in [-0.05, 0) is 50.4 Å². The molecule has 1 aromatic heterocycles. The van der Waals surface area contributed by atoms with Crippen LogP contribution in [0.4, 0.5) is 0 Å². The first-order valence-corrected chi connectivity index (χ1v) is 10.5. The van der Waals surface area contributed by atoms with Crippen LogP contribution in [0, 0.1) is 5.92 Å². The van der Waals surface area contributed by atoms with Gasteiger partial charge in [-0.25, -0.2) is 4.98 Å². The lowest BCUT2D eigenvalue weighted by Crippen LogP contribution is -2.36. The minimum absolute atomic E-state index is 0.137. The second-order valence-corrected chi connectivity index (χ2v) is 7.89. The van der Waals surface area contributed by atoms with Crippen LogP contribution in [0.5, 0.6) is 0 Å². The number of likely N-dealkylation sites (tertiary alicyclic amines) is 1. The summed E-state index contributed by atoms with van der Waals surface area (Å²) in [7, 11) is 0. The number of carbonyl (C=O) groups excluding carboxylic acids is 1. The molecule has 4 nitrogen and oxygen atoms in total. The lowest BCUT2D eigenvalue weighted by Gasteiger charge is -2.31. The van der Waals surface area contributed by atoms with Crippen LogP contribution in [0.3, 0.4) is 0 Å². The summed E-state index contributed by atoms with van der Waals surface area (Å²) in [4.78, 5) is 19.2. The molecule has 140 valence electrons. The fourth-order valence-corrected chi connectivity index (χ4v) is 4.11. The summed E-state index contributed by atoms with van der Waals surface area (Å²) >= 11 is 1.59. The molecule has 0 N–H and O–H groups in total.